The number of rotatable bonds is 4. The first kappa shape index (κ1) is 20.0. The fraction of sp³-hybridized carbons (Fsp3) is 0.588. The van der Waals surface area contributed by atoms with Crippen LogP contribution in [0.4, 0.5) is 0 Å². The highest BCUT2D eigenvalue weighted by molar-refractivity contribution is 9.10. The fourth-order valence-electron chi connectivity index (χ4n) is 3.31. The molecule has 0 radical (unpaired) electrons. The second-order valence-corrected chi connectivity index (χ2v) is 8.25. The maximum atomic E-state index is 12.3. The molecule has 4 nitrogen and oxygen atoms in total. The number of hydrogen-bond donors (Lipinski definition) is 1. The fourth-order valence-corrected chi connectivity index (χ4v) is 4.77. The molecule has 7 heteroatoms. The Kier molecular flexibility index (Phi) is 7.88. The van der Waals surface area contributed by atoms with Gasteiger partial charge in [-0.3, -0.25) is 9.69 Å². The van der Waals surface area contributed by atoms with E-state index >= 15 is 0 Å². The minimum Gasteiger partial charge on any atom is -0.340 e. The molecule has 1 fully saturated rings. The molecular formula is C17H25BrClN3OS. The molecule has 24 heavy (non-hydrogen) atoms. The topological polar surface area (TPSA) is 35.6 Å². The summed E-state index contributed by atoms with van der Waals surface area (Å²) in [7, 11) is 2.15. The number of carbonyl (C=O) groups excluding carboxylic acids is 1. The first-order chi connectivity index (χ1) is 11.1. The molecule has 1 aromatic carbocycles. The summed E-state index contributed by atoms with van der Waals surface area (Å²) in [4.78, 5) is 18.1. The van der Waals surface area contributed by atoms with Gasteiger partial charge >= 0.3 is 0 Å². The number of nitrogens with one attached hydrogen (secondary N) is 1. The molecule has 2 heterocycles. The summed E-state index contributed by atoms with van der Waals surface area (Å²) >= 11 is 5.52. The third kappa shape index (κ3) is 4.88. The average Bonchev–Trinajstić information content (AvgIpc) is 2.59. The normalized spacial score (nSPS) is 20.5. The van der Waals surface area contributed by atoms with Crippen molar-refractivity contribution in [2.24, 2.45) is 0 Å². The van der Waals surface area contributed by atoms with Crippen LogP contribution in [0.5, 0.6) is 0 Å². The summed E-state index contributed by atoms with van der Waals surface area (Å²) < 4.78 is 1.13. The van der Waals surface area contributed by atoms with Crippen LogP contribution in [0.15, 0.2) is 27.6 Å². The van der Waals surface area contributed by atoms with Gasteiger partial charge in [0.25, 0.3) is 0 Å². The van der Waals surface area contributed by atoms with Crippen molar-refractivity contribution < 1.29 is 4.79 Å². The summed E-state index contributed by atoms with van der Waals surface area (Å²) in [5, 5.41) is 3.29. The minimum atomic E-state index is 0. The van der Waals surface area contributed by atoms with Gasteiger partial charge in [-0.1, -0.05) is 15.9 Å². The molecule has 2 aliphatic rings. The van der Waals surface area contributed by atoms with Crippen molar-refractivity contribution in [2.75, 3.05) is 45.5 Å². The molecule has 1 unspecified atom stereocenters. The highest BCUT2D eigenvalue weighted by atomic mass is 79.9. The first-order valence-electron chi connectivity index (χ1n) is 8.26. The van der Waals surface area contributed by atoms with Gasteiger partial charge in [0, 0.05) is 54.6 Å². The zero-order valence-corrected chi connectivity index (χ0v) is 17.2. The third-order valence-electron chi connectivity index (χ3n) is 4.66. The van der Waals surface area contributed by atoms with Crippen molar-refractivity contribution in [3.63, 3.8) is 0 Å². The lowest BCUT2D eigenvalue weighted by atomic mass is 10.0. The van der Waals surface area contributed by atoms with Gasteiger partial charge < -0.3 is 10.2 Å². The second-order valence-electron chi connectivity index (χ2n) is 6.20. The van der Waals surface area contributed by atoms with Crippen LogP contribution in [0, 0.1) is 0 Å². The molecule has 1 amide bonds. The van der Waals surface area contributed by atoms with E-state index in [1.54, 1.807) is 0 Å². The van der Waals surface area contributed by atoms with Gasteiger partial charge in [-0.2, -0.15) is 0 Å². The van der Waals surface area contributed by atoms with E-state index in [2.05, 4.69) is 51.4 Å². The van der Waals surface area contributed by atoms with Crippen molar-refractivity contribution in [3.8, 4) is 0 Å². The van der Waals surface area contributed by atoms with Crippen molar-refractivity contribution in [3.05, 3.63) is 28.2 Å². The molecule has 2 aliphatic heterocycles. The predicted molar refractivity (Wildman–Crippen MR) is 106 cm³/mol. The Morgan fingerprint density at radius 3 is 2.92 bits per heavy atom. The second kappa shape index (κ2) is 9.43. The number of piperazine rings is 1. The number of thioether (sulfide) groups is 1. The van der Waals surface area contributed by atoms with E-state index in [-0.39, 0.29) is 18.3 Å². The smallest absolute Gasteiger partial charge is 0.223 e. The van der Waals surface area contributed by atoms with Gasteiger partial charge in [-0.25, -0.2) is 0 Å². The van der Waals surface area contributed by atoms with Crippen LogP contribution in [-0.2, 0) is 4.79 Å². The number of carbonyl (C=O) groups is 1. The molecule has 0 aliphatic carbocycles. The van der Waals surface area contributed by atoms with Crippen molar-refractivity contribution in [1.29, 1.82) is 0 Å². The van der Waals surface area contributed by atoms with Crippen LogP contribution < -0.4 is 5.32 Å². The molecule has 0 saturated carbocycles. The number of benzene rings is 1. The lowest BCUT2D eigenvalue weighted by Crippen LogP contribution is -2.47. The Hall–Kier alpha value is -0.270. The molecule has 1 saturated heterocycles. The molecule has 1 atom stereocenters. The number of hydrogen-bond acceptors (Lipinski definition) is 4. The number of halogens is 2. The molecule has 0 spiro atoms. The van der Waals surface area contributed by atoms with Gasteiger partial charge in [0.1, 0.15) is 0 Å². The Labute approximate surface area is 163 Å². The highest BCUT2D eigenvalue weighted by Gasteiger charge is 2.25. The van der Waals surface area contributed by atoms with Gasteiger partial charge in [0.15, 0.2) is 0 Å². The van der Waals surface area contributed by atoms with Crippen LogP contribution in [-0.4, -0.2) is 61.2 Å². The highest BCUT2D eigenvalue weighted by Crippen LogP contribution is 2.40. The molecule has 1 N–H and O–H groups in total. The van der Waals surface area contributed by atoms with Crippen LogP contribution in [0.25, 0.3) is 0 Å². The Morgan fingerprint density at radius 2 is 2.17 bits per heavy atom. The minimum absolute atomic E-state index is 0. The van der Waals surface area contributed by atoms with Crippen LogP contribution in [0.1, 0.15) is 24.4 Å². The summed E-state index contributed by atoms with van der Waals surface area (Å²) in [6, 6.07) is 6.97. The zero-order valence-electron chi connectivity index (χ0n) is 14.0. The lowest BCUT2D eigenvalue weighted by molar-refractivity contribution is -0.132. The van der Waals surface area contributed by atoms with Gasteiger partial charge in [0.05, 0.1) is 0 Å². The van der Waals surface area contributed by atoms with Gasteiger partial charge in [-0.05, 0) is 43.0 Å². The van der Waals surface area contributed by atoms with Crippen LogP contribution >= 0.6 is 40.1 Å². The monoisotopic (exact) mass is 433 g/mol. The van der Waals surface area contributed by atoms with Crippen molar-refractivity contribution in [2.45, 2.75) is 23.8 Å². The number of amides is 1. The van der Waals surface area contributed by atoms with E-state index in [1.165, 1.54) is 10.5 Å². The van der Waals surface area contributed by atoms with Crippen LogP contribution in [0.3, 0.4) is 0 Å². The van der Waals surface area contributed by atoms with E-state index in [9.17, 15) is 4.79 Å². The summed E-state index contributed by atoms with van der Waals surface area (Å²) in [6.07, 6.45) is 1.76. The van der Waals surface area contributed by atoms with E-state index in [1.807, 2.05) is 16.7 Å². The van der Waals surface area contributed by atoms with Gasteiger partial charge in [0.2, 0.25) is 5.91 Å². The molecule has 0 bridgehead atoms. The lowest BCUT2D eigenvalue weighted by Gasteiger charge is -2.34. The maximum Gasteiger partial charge on any atom is 0.223 e. The van der Waals surface area contributed by atoms with Crippen molar-refractivity contribution in [1.82, 2.24) is 15.1 Å². The summed E-state index contributed by atoms with van der Waals surface area (Å²) in [5.41, 5.74) is 1.40. The van der Waals surface area contributed by atoms with E-state index in [4.69, 9.17) is 0 Å². The maximum absolute atomic E-state index is 12.3. The van der Waals surface area contributed by atoms with Crippen molar-refractivity contribution >= 4 is 46.0 Å². The zero-order chi connectivity index (χ0) is 16.2. The number of nitrogens with zero attached hydrogens (tertiary/aromatic N) is 2. The third-order valence-corrected chi connectivity index (χ3v) is 6.28. The van der Waals surface area contributed by atoms with Crippen LogP contribution in [0.2, 0.25) is 0 Å². The Balaban J connectivity index is 0.00000208. The molecule has 1 aromatic rings. The van der Waals surface area contributed by atoms with E-state index < -0.39 is 0 Å². The van der Waals surface area contributed by atoms with E-state index in [0.717, 1.165) is 49.4 Å². The first-order valence-corrected chi connectivity index (χ1v) is 10.0. The quantitative estimate of drug-likeness (QED) is 0.789. The molecule has 3 rings (SSSR count). The standard InChI is InChI=1S/C17H24BrN3OS.ClH/c1-20(8-4-17(22)21-9-6-19-7-10-21)15-5-11-23-16-3-2-13(18)12-14(15)16;/h2-3,12,15,19H,4-11H2,1H3;1H. The largest absolute Gasteiger partial charge is 0.340 e. The molecule has 134 valence electrons. The molecule has 0 aromatic heterocycles. The summed E-state index contributed by atoms with van der Waals surface area (Å²) in [5.74, 6) is 1.44. The SMILES string of the molecule is CN(CCC(=O)N1CCNCC1)C1CCSc2ccc(Br)cc21.Cl. The summed E-state index contributed by atoms with van der Waals surface area (Å²) in [6.45, 7) is 4.35. The predicted octanol–water partition coefficient (Wildman–Crippen LogP) is 3.16. The Morgan fingerprint density at radius 1 is 1.42 bits per heavy atom. The number of fused-ring (bicyclic) bond motifs is 1. The Bertz CT molecular complexity index is 569. The van der Waals surface area contributed by atoms with Gasteiger partial charge in [-0.15, -0.1) is 24.2 Å². The molecular weight excluding hydrogens is 410 g/mol. The average molecular weight is 435 g/mol. The van der Waals surface area contributed by atoms with E-state index in [0.29, 0.717) is 12.5 Å².